The molecule has 2 N–H and O–H groups in total. The summed E-state index contributed by atoms with van der Waals surface area (Å²) in [5.74, 6) is 1.27. The van der Waals surface area contributed by atoms with E-state index < -0.39 is 0 Å². The van der Waals surface area contributed by atoms with Crippen LogP contribution >= 0.6 is 0 Å². The molecule has 5 rings (SSSR count). The number of para-hydroxylation sites is 1. The van der Waals surface area contributed by atoms with Crippen molar-refractivity contribution in [2.45, 2.75) is 78.7 Å². The fourth-order valence-electron chi connectivity index (χ4n) is 7.15. The average molecular weight is 613 g/mol. The standard InChI is InChI=1S/C37H48N4O4/c1-36(2,3)23-41-31-17-16-30(39-33(31)40(6)35(41)44)25-18-20-37(4,5)29(22-25)27(24-12-14-26(45-7)15-13-24)19-21-38-34(43)28-10-8-9-11-32(28)42/h8-17,25,27,29,42H,18-23H2,1-7H3,(H,38,43). The molecule has 2 heterocycles. The van der Waals surface area contributed by atoms with Crippen LogP contribution in [0.5, 0.6) is 11.5 Å². The van der Waals surface area contributed by atoms with Crippen molar-refractivity contribution < 1.29 is 14.6 Å². The first-order valence-electron chi connectivity index (χ1n) is 16.1. The molecule has 45 heavy (non-hydrogen) atoms. The van der Waals surface area contributed by atoms with Crippen LogP contribution in [0.15, 0.2) is 65.5 Å². The number of hydrogen-bond donors (Lipinski definition) is 2. The van der Waals surface area contributed by atoms with Gasteiger partial charge >= 0.3 is 5.69 Å². The van der Waals surface area contributed by atoms with E-state index in [2.05, 4.69) is 64.2 Å². The lowest BCUT2D eigenvalue weighted by molar-refractivity contribution is 0.0889. The van der Waals surface area contributed by atoms with Gasteiger partial charge in [0.2, 0.25) is 0 Å². The molecule has 8 nitrogen and oxygen atoms in total. The van der Waals surface area contributed by atoms with E-state index in [0.29, 0.717) is 19.0 Å². The molecule has 8 heteroatoms. The highest BCUT2D eigenvalue weighted by Gasteiger charge is 2.42. The molecule has 2 aromatic carbocycles. The fraction of sp³-hybridized carbons (Fsp3) is 0.486. The molecule has 3 atom stereocenters. The molecule has 240 valence electrons. The van der Waals surface area contributed by atoms with Crippen LogP contribution in [0.1, 0.15) is 93.8 Å². The Balaban J connectivity index is 1.43. The van der Waals surface area contributed by atoms with Crippen molar-refractivity contribution in [3.05, 3.63) is 88.0 Å². The van der Waals surface area contributed by atoms with Gasteiger partial charge in [-0.3, -0.25) is 13.9 Å². The molecule has 0 radical (unpaired) electrons. The van der Waals surface area contributed by atoms with E-state index in [1.54, 1.807) is 29.9 Å². The smallest absolute Gasteiger partial charge is 0.330 e. The van der Waals surface area contributed by atoms with Crippen molar-refractivity contribution in [1.82, 2.24) is 19.4 Å². The largest absolute Gasteiger partial charge is 0.507 e. The molecule has 1 fully saturated rings. The number of carbonyl (C=O) groups excluding carboxylic acids is 1. The van der Waals surface area contributed by atoms with Gasteiger partial charge in [0.15, 0.2) is 5.65 Å². The maximum absolute atomic E-state index is 13.2. The number of imidazole rings is 1. The van der Waals surface area contributed by atoms with Gasteiger partial charge in [0.1, 0.15) is 11.5 Å². The molecular formula is C37H48N4O4. The predicted octanol–water partition coefficient (Wildman–Crippen LogP) is 7.01. The third-order valence-electron chi connectivity index (χ3n) is 9.65. The number of amides is 1. The molecule has 0 saturated heterocycles. The Morgan fingerprint density at radius 3 is 2.49 bits per heavy atom. The van der Waals surface area contributed by atoms with Gasteiger partial charge in [0.05, 0.1) is 18.2 Å². The number of carbonyl (C=O) groups is 1. The Morgan fingerprint density at radius 1 is 1.11 bits per heavy atom. The number of hydrogen-bond acceptors (Lipinski definition) is 5. The van der Waals surface area contributed by atoms with Crippen LogP contribution in [0, 0.1) is 16.7 Å². The second kappa shape index (κ2) is 12.7. The van der Waals surface area contributed by atoms with Crippen molar-refractivity contribution >= 4 is 17.1 Å². The van der Waals surface area contributed by atoms with E-state index in [9.17, 15) is 14.7 Å². The first kappa shape index (κ1) is 32.3. The highest BCUT2D eigenvalue weighted by atomic mass is 16.5. The predicted molar refractivity (Wildman–Crippen MR) is 179 cm³/mol. The number of benzene rings is 2. The summed E-state index contributed by atoms with van der Waals surface area (Å²) in [6.07, 6.45) is 3.77. The number of pyridine rings is 1. The molecule has 4 aromatic rings. The Kier molecular flexibility index (Phi) is 9.15. The normalized spacial score (nSPS) is 18.9. The van der Waals surface area contributed by atoms with Crippen LogP contribution in [0.4, 0.5) is 0 Å². The maximum Gasteiger partial charge on any atom is 0.330 e. The summed E-state index contributed by atoms with van der Waals surface area (Å²) in [7, 11) is 3.49. The minimum Gasteiger partial charge on any atom is -0.507 e. The zero-order chi connectivity index (χ0) is 32.5. The topological polar surface area (TPSA) is 98.4 Å². The Hall–Kier alpha value is -4.07. The van der Waals surface area contributed by atoms with E-state index in [1.807, 2.05) is 23.7 Å². The number of phenols is 1. The number of methoxy groups -OCH3 is 1. The van der Waals surface area contributed by atoms with Crippen molar-refractivity contribution in [1.29, 1.82) is 0 Å². The number of ether oxygens (including phenoxy) is 1. The summed E-state index contributed by atoms with van der Waals surface area (Å²) < 4.78 is 8.98. The van der Waals surface area contributed by atoms with Gasteiger partial charge in [-0.25, -0.2) is 9.78 Å². The zero-order valence-corrected chi connectivity index (χ0v) is 27.8. The van der Waals surface area contributed by atoms with Crippen molar-refractivity contribution in [2.24, 2.45) is 23.8 Å². The first-order chi connectivity index (χ1) is 21.3. The minimum absolute atomic E-state index is 0.0197. The number of aromatic nitrogens is 3. The van der Waals surface area contributed by atoms with Crippen molar-refractivity contribution in [2.75, 3.05) is 13.7 Å². The van der Waals surface area contributed by atoms with Crippen LogP contribution in [-0.2, 0) is 13.6 Å². The Bertz CT molecular complexity index is 1710. The van der Waals surface area contributed by atoms with Crippen LogP contribution < -0.4 is 15.7 Å². The molecule has 1 aliphatic rings. The van der Waals surface area contributed by atoms with E-state index in [0.717, 1.165) is 48.3 Å². The number of aryl methyl sites for hydroxylation is 1. The van der Waals surface area contributed by atoms with Crippen LogP contribution in [0.25, 0.3) is 11.2 Å². The van der Waals surface area contributed by atoms with Crippen LogP contribution in [0.3, 0.4) is 0 Å². The lowest BCUT2D eigenvalue weighted by Crippen LogP contribution is -2.37. The summed E-state index contributed by atoms with van der Waals surface area (Å²) in [5.41, 5.74) is 4.16. The van der Waals surface area contributed by atoms with Crippen molar-refractivity contribution in [3.63, 3.8) is 0 Å². The third-order valence-corrected chi connectivity index (χ3v) is 9.65. The molecular weight excluding hydrogens is 564 g/mol. The average Bonchev–Trinajstić information content (AvgIpc) is 3.23. The lowest BCUT2D eigenvalue weighted by Gasteiger charge is -2.46. The number of fused-ring (bicyclic) bond motifs is 1. The molecule has 1 saturated carbocycles. The summed E-state index contributed by atoms with van der Waals surface area (Å²) in [5, 5.41) is 13.2. The number of aromatic hydroxyl groups is 1. The summed E-state index contributed by atoms with van der Waals surface area (Å²) in [6.45, 7) is 12.2. The fourth-order valence-corrected chi connectivity index (χ4v) is 7.15. The van der Waals surface area contributed by atoms with E-state index in [-0.39, 0.29) is 45.6 Å². The second-order valence-corrected chi connectivity index (χ2v) is 14.6. The number of nitrogens with one attached hydrogen (secondary N) is 1. The highest BCUT2D eigenvalue weighted by molar-refractivity contribution is 5.96. The molecule has 2 aromatic heterocycles. The molecule has 3 unspecified atom stereocenters. The number of rotatable bonds is 9. The van der Waals surface area contributed by atoms with Gasteiger partial charge in [0, 0.05) is 31.7 Å². The van der Waals surface area contributed by atoms with E-state index in [1.165, 1.54) is 11.6 Å². The van der Waals surface area contributed by atoms with Gasteiger partial charge in [-0.05, 0) is 90.3 Å². The van der Waals surface area contributed by atoms with Crippen LogP contribution in [-0.4, -0.2) is 38.8 Å². The Labute approximate surface area is 266 Å². The zero-order valence-electron chi connectivity index (χ0n) is 27.8. The molecule has 0 aliphatic heterocycles. The summed E-state index contributed by atoms with van der Waals surface area (Å²) >= 11 is 0. The van der Waals surface area contributed by atoms with Gasteiger partial charge in [0.25, 0.3) is 5.91 Å². The summed E-state index contributed by atoms with van der Waals surface area (Å²) in [6, 6.07) is 19.1. The number of nitrogens with zero attached hydrogens (tertiary/aromatic N) is 3. The summed E-state index contributed by atoms with van der Waals surface area (Å²) in [4.78, 5) is 31.2. The monoisotopic (exact) mass is 612 g/mol. The molecule has 1 aliphatic carbocycles. The minimum atomic E-state index is -0.274. The van der Waals surface area contributed by atoms with Crippen LogP contribution in [0.2, 0.25) is 0 Å². The number of phenolic OH excluding ortho intramolecular Hbond substituents is 1. The van der Waals surface area contributed by atoms with E-state index in [4.69, 9.17) is 9.72 Å². The molecule has 1 amide bonds. The highest BCUT2D eigenvalue weighted by Crippen LogP contribution is 2.53. The quantitative estimate of drug-likeness (QED) is 0.212. The van der Waals surface area contributed by atoms with Gasteiger partial charge in [-0.15, -0.1) is 0 Å². The SMILES string of the molecule is COc1ccc(C(CCNC(=O)c2ccccc2O)C2CC(c3ccc4c(n3)n(C)c(=O)n4CC(C)(C)C)CCC2(C)C)cc1. The van der Waals surface area contributed by atoms with Gasteiger partial charge in [-0.1, -0.05) is 58.9 Å². The molecule has 0 bridgehead atoms. The Morgan fingerprint density at radius 2 is 1.82 bits per heavy atom. The third kappa shape index (κ3) is 6.95. The first-order valence-corrected chi connectivity index (χ1v) is 16.1. The lowest BCUT2D eigenvalue weighted by atomic mass is 9.59. The second-order valence-electron chi connectivity index (χ2n) is 14.6. The van der Waals surface area contributed by atoms with Gasteiger partial charge < -0.3 is 15.2 Å². The maximum atomic E-state index is 13.2. The van der Waals surface area contributed by atoms with Gasteiger partial charge in [-0.2, -0.15) is 0 Å². The van der Waals surface area contributed by atoms with Crippen molar-refractivity contribution in [3.8, 4) is 11.5 Å². The molecule has 0 spiro atoms. The van der Waals surface area contributed by atoms with E-state index >= 15 is 0 Å².